The van der Waals surface area contributed by atoms with Crippen molar-refractivity contribution in [3.63, 3.8) is 0 Å². The predicted molar refractivity (Wildman–Crippen MR) is 85.0 cm³/mol. The summed E-state index contributed by atoms with van der Waals surface area (Å²) in [6, 6.07) is 4.89. The summed E-state index contributed by atoms with van der Waals surface area (Å²) in [6.45, 7) is 0.329. The molecule has 4 nitrogen and oxygen atoms in total. The fourth-order valence-corrected chi connectivity index (χ4v) is 4.60. The van der Waals surface area contributed by atoms with Crippen molar-refractivity contribution in [2.45, 2.75) is 23.8 Å². The molecule has 1 fully saturated rings. The van der Waals surface area contributed by atoms with Gasteiger partial charge in [0.25, 0.3) is 0 Å². The lowest BCUT2D eigenvalue weighted by atomic mass is 10.2. The first-order valence-electron chi connectivity index (χ1n) is 5.61. The van der Waals surface area contributed by atoms with Crippen molar-refractivity contribution in [3.05, 3.63) is 27.1 Å². The van der Waals surface area contributed by atoms with Crippen LogP contribution < -0.4 is 10.5 Å². The number of rotatable bonds is 5. The highest BCUT2D eigenvalue weighted by Gasteiger charge is 2.33. The van der Waals surface area contributed by atoms with E-state index >= 15 is 0 Å². The van der Waals surface area contributed by atoms with E-state index < -0.39 is 10.0 Å². The Bertz CT molecular complexity index is 550. The minimum atomic E-state index is -3.54. The van der Waals surface area contributed by atoms with Crippen molar-refractivity contribution in [3.8, 4) is 0 Å². The molecule has 1 saturated carbocycles. The maximum Gasteiger partial charge on any atom is 0.242 e. The van der Waals surface area contributed by atoms with Gasteiger partial charge in [-0.25, -0.2) is 13.1 Å². The largest absolute Gasteiger partial charge is 0.329 e. The lowest BCUT2D eigenvalue weighted by molar-refractivity contribution is 0.519. The van der Waals surface area contributed by atoms with Crippen LogP contribution in [0.2, 0.25) is 0 Å². The monoisotopic (exact) mass is 432 g/mol. The second kappa shape index (κ2) is 6.87. The molecule has 0 aliphatic heterocycles. The normalized spacial score (nSPS) is 16.8. The molecule has 1 aliphatic rings. The molecule has 0 amide bonds. The lowest BCUT2D eigenvalue weighted by Gasteiger charge is -2.17. The van der Waals surface area contributed by atoms with E-state index in [1.54, 1.807) is 18.2 Å². The molecule has 2 rings (SSSR count). The second-order valence-corrected chi connectivity index (χ2v) is 7.83. The molecule has 19 heavy (non-hydrogen) atoms. The van der Waals surface area contributed by atoms with Crippen molar-refractivity contribution < 1.29 is 8.42 Å². The molecule has 0 aromatic heterocycles. The van der Waals surface area contributed by atoms with E-state index in [-0.39, 0.29) is 23.3 Å². The molecule has 0 spiro atoms. The van der Waals surface area contributed by atoms with Crippen LogP contribution in [-0.2, 0) is 10.0 Å². The van der Waals surface area contributed by atoms with Gasteiger partial charge >= 0.3 is 0 Å². The molecule has 8 heteroatoms. The van der Waals surface area contributed by atoms with Crippen molar-refractivity contribution in [1.82, 2.24) is 4.72 Å². The standard InChI is InChI=1S/C11H14Br2N2O2S.ClH/c12-8-3-4-9(13)11(5-8)18(16,17)15-10(6-14)7-1-2-7;/h3-5,7,10,15H,1-2,6,14H2;1H. The van der Waals surface area contributed by atoms with Crippen molar-refractivity contribution in [2.75, 3.05) is 6.54 Å². The first-order chi connectivity index (χ1) is 8.44. The highest BCUT2D eigenvalue weighted by atomic mass is 79.9. The molecule has 1 aliphatic carbocycles. The van der Waals surface area contributed by atoms with E-state index in [4.69, 9.17) is 5.73 Å². The van der Waals surface area contributed by atoms with Crippen LogP contribution in [0.25, 0.3) is 0 Å². The Morgan fingerprint density at radius 3 is 2.53 bits per heavy atom. The number of nitrogens with one attached hydrogen (secondary N) is 1. The van der Waals surface area contributed by atoms with Crippen LogP contribution in [0.1, 0.15) is 12.8 Å². The number of sulfonamides is 1. The Kier molecular flexibility index (Phi) is 6.28. The molecule has 0 radical (unpaired) electrons. The summed E-state index contributed by atoms with van der Waals surface area (Å²) >= 11 is 6.54. The van der Waals surface area contributed by atoms with Crippen LogP contribution in [0.4, 0.5) is 0 Å². The first kappa shape index (κ1) is 17.4. The molecule has 1 atom stereocenters. The van der Waals surface area contributed by atoms with Crippen LogP contribution in [-0.4, -0.2) is 21.0 Å². The number of nitrogens with two attached hydrogens (primary N) is 1. The summed E-state index contributed by atoms with van der Waals surface area (Å²) in [7, 11) is -3.54. The third kappa shape index (κ3) is 4.41. The minimum Gasteiger partial charge on any atom is -0.329 e. The van der Waals surface area contributed by atoms with Gasteiger partial charge < -0.3 is 5.73 Å². The molecule has 108 valence electrons. The van der Waals surface area contributed by atoms with Gasteiger partial charge in [-0.15, -0.1) is 12.4 Å². The smallest absolute Gasteiger partial charge is 0.242 e. The summed E-state index contributed by atoms with van der Waals surface area (Å²) < 4.78 is 28.5. The lowest BCUT2D eigenvalue weighted by Crippen LogP contribution is -2.41. The molecule has 0 bridgehead atoms. The van der Waals surface area contributed by atoms with Gasteiger partial charge in [-0.3, -0.25) is 0 Å². The third-order valence-corrected chi connectivity index (χ3v) is 5.91. The van der Waals surface area contributed by atoms with E-state index in [9.17, 15) is 8.42 Å². The average molecular weight is 435 g/mol. The fraction of sp³-hybridized carbons (Fsp3) is 0.455. The van der Waals surface area contributed by atoms with Crippen LogP contribution in [0.5, 0.6) is 0 Å². The van der Waals surface area contributed by atoms with Gasteiger partial charge in [0.15, 0.2) is 0 Å². The molecule has 3 N–H and O–H groups in total. The Balaban J connectivity index is 0.00000180. The van der Waals surface area contributed by atoms with E-state index in [0.29, 0.717) is 16.9 Å². The number of hydrogen-bond donors (Lipinski definition) is 2. The predicted octanol–water partition coefficient (Wildman–Crippen LogP) is 2.65. The van der Waals surface area contributed by atoms with Crippen LogP contribution in [0.15, 0.2) is 32.0 Å². The van der Waals surface area contributed by atoms with E-state index in [0.717, 1.165) is 17.3 Å². The summed E-state index contributed by atoms with van der Waals surface area (Å²) in [6.07, 6.45) is 2.09. The van der Waals surface area contributed by atoms with Gasteiger partial charge in [-0.1, -0.05) is 15.9 Å². The molecule has 1 aromatic carbocycles. The van der Waals surface area contributed by atoms with E-state index in [2.05, 4.69) is 36.6 Å². The van der Waals surface area contributed by atoms with Gasteiger partial charge in [-0.2, -0.15) is 0 Å². The molecule has 0 saturated heterocycles. The highest BCUT2D eigenvalue weighted by Crippen LogP contribution is 2.33. The van der Waals surface area contributed by atoms with E-state index in [1.807, 2.05) is 0 Å². The zero-order valence-electron chi connectivity index (χ0n) is 9.97. The van der Waals surface area contributed by atoms with Crippen molar-refractivity contribution in [2.24, 2.45) is 11.7 Å². The SMILES string of the molecule is Cl.NCC(NS(=O)(=O)c1cc(Br)ccc1Br)C1CC1. The Hall–Kier alpha value is 0.340. The van der Waals surface area contributed by atoms with Crippen LogP contribution >= 0.6 is 44.3 Å². The number of halogens is 3. The van der Waals surface area contributed by atoms with E-state index in [1.165, 1.54) is 0 Å². The van der Waals surface area contributed by atoms with Crippen molar-refractivity contribution in [1.29, 1.82) is 0 Å². The maximum absolute atomic E-state index is 12.3. The van der Waals surface area contributed by atoms with Gasteiger partial charge in [-0.05, 0) is 52.9 Å². The van der Waals surface area contributed by atoms with Crippen LogP contribution in [0.3, 0.4) is 0 Å². The van der Waals surface area contributed by atoms with Gasteiger partial charge in [0.05, 0.1) is 4.90 Å². The maximum atomic E-state index is 12.3. The van der Waals surface area contributed by atoms with Gasteiger partial charge in [0.1, 0.15) is 0 Å². The van der Waals surface area contributed by atoms with Crippen molar-refractivity contribution >= 4 is 54.3 Å². The van der Waals surface area contributed by atoms with Gasteiger partial charge in [0.2, 0.25) is 10.0 Å². The van der Waals surface area contributed by atoms with Crippen LogP contribution in [0, 0.1) is 5.92 Å². The molecular formula is C11H15Br2ClN2O2S. The highest BCUT2D eigenvalue weighted by molar-refractivity contribution is 9.11. The average Bonchev–Trinajstić information content (AvgIpc) is 3.13. The Labute approximate surface area is 136 Å². The molecular weight excluding hydrogens is 419 g/mol. The summed E-state index contributed by atoms with van der Waals surface area (Å²) in [5.74, 6) is 0.385. The zero-order valence-corrected chi connectivity index (χ0v) is 14.8. The quantitative estimate of drug-likeness (QED) is 0.748. The first-order valence-corrected chi connectivity index (χ1v) is 8.68. The Morgan fingerprint density at radius 2 is 2.00 bits per heavy atom. The summed E-state index contributed by atoms with van der Waals surface area (Å²) in [5, 5.41) is 0. The zero-order chi connectivity index (χ0) is 13.3. The number of benzene rings is 1. The topological polar surface area (TPSA) is 72.2 Å². The molecule has 1 unspecified atom stereocenters. The minimum absolute atomic E-state index is 0. The molecule has 1 aromatic rings. The number of hydrogen-bond acceptors (Lipinski definition) is 3. The molecule has 0 heterocycles. The summed E-state index contributed by atoms with van der Waals surface area (Å²) in [4.78, 5) is 0.232. The third-order valence-electron chi connectivity index (χ3n) is 2.93. The Morgan fingerprint density at radius 1 is 1.37 bits per heavy atom. The summed E-state index contributed by atoms with van der Waals surface area (Å²) in [5.41, 5.74) is 5.62. The second-order valence-electron chi connectivity index (χ2n) is 4.38. The van der Waals surface area contributed by atoms with Gasteiger partial charge in [0, 0.05) is 21.5 Å². The fourth-order valence-electron chi connectivity index (χ4n) is 1.78.